The van der Waals surface area contributed by atoms with Crippen molar-refractivity contribution in [3.63, 3.8) is 0 Å². The molecule has 1 fully saturated rings. The molecule has 10 heteroatoms. The van der Waals surface area contributed by atoms with Crippen molar-refractivity contribution >= 4 is 34.6 Å². The average Bonchev–Trinajstić information content (AvgIpc) is 2.75. The Labute approximate surface area is 175 Å². The second-order valence-electron chi connectivity index (χ2n) is 6.97. The number of hydrogen-bond donors (Lipinski definition) is 3. The number of hydrogen-bond acceptors (Lipinski definition) is 6. The quantitative estimate of drug-likeness (QED) is 0.690. The van der Waals surface area contributed by atoms with Crippen LogP contribution in [0.5, 0.6) is 0 Å². The van der Waals surface area contributed by atoms with Crippen molar-refractivity contribution in [3.8, 4) is 0 Å². The summed E-state index contributed by atoms with van der Waals surface area (Å²) in [5.41, 5.74) is -0.0233. The van der Waals surface area contributed by atoms with Crippen LogP contribution in [0, 0.1) is 11.7 Å². The van der Waals surface area contributed by atoms with Crippen molar-refractivity contribution in [3.05, 3.63) is 59.7 Å². The van der Waals surface area contributed by atoms with Gasteiger partial charge < -0.3 is 15.2 Å². The van der Waals surface area contributed by atoms with Crippen LogP contribution in [0.1, 0.15) is 22.5 Å². The smallest absolute Gasteiger partial charge is 0.410 e. The summed E-state index contributed by atoms with van der Waals surface area (Å²) in [7, 11) is 0. The molecule has 0 bridgehead atoms. The van der Waals surface area contributed by atoms with Gasteiger partial charge in [-0.25, -0.2) is 9.18 Å². The van der Waals surface area contributed by atoms with Gasteiger partial charge in [0.2, 0.25) is 0 Å². The van der Waals surface area contributed by atoms with E-state index in [1.54, 1.807) is 24.3 Å². The third-order valence-corrected chi connectivity index (χ3v) is 6.18. The molecule has 3 heterocycles. The van der Waals surface area contributed by atoms with Gasteiger partial charge in [0.25, 0.3) is 5.91 Å². The normalized spacial score (nSPS) is 23.1. The van der Waals surface area contributed by atoms with Gasteiger partial charge in [-0.05, 0) is 30.3 Å². The number of amides is 2. The van der Waals surface area contributed by atoms with Crippen molar-refractivity contribution in [1.29, 1.82) is 0 Å². The van der Waals surface area contributed by atoms with Gasteiger partial charge in [-0.15, -0.1) is 0 Å². The van der Waals surface area contributed by atoms with Gasteiger partial charge in [-0.3, -0.25) is 20.1 Å². The number of rotatable bonds is 3. The molecular weight excluding hydrogens is 411 g/mol. The highest BCUT2D eigenvalue weighted by Crippen LogP contribution is 2.46. The molecule has 156 valence electrons. The molecule has 0 saturated carbocycles. The molecular formula is C20H19FN4O4S. The summed E-state index contributed by atoms with van der Waals surface area (Å²) < 4.78 is 20.6. The van der Waals surface area contributed by atoms with Gasteiger partial charge in [0.1, 0.15) is 11.5 Å². The Bertz CT molecular complexity index is 1000. The van der Waals surface area contributed by atoms with Crippen molar-refractivity contribution in [2.45, 2.75) is 12.0 Å². The first-order valence-electron chi connectivity index (χ1n) is 9.31. The number of aromatic nitrogens is 1. The lowest BCUT2D eigenvalue weighted by atomic mass is 9.75. The maximum absolute atomic E-state index is 15.0. The number of benzene rings is 1. The average molecular weight is 430 g/mol. The van der Waals surface area contributed by atoms with Crippen LogP contribution >= 0.6 is 11.8 Å². The fourth-order valence-corrected chi connectivity index (χ4v) is 4.84. The lowest BCUT2D eigenvalue weighted by Gasteiger charge is -2.44. The summed E-state index contributed by atoms with van der Waals surface area (Å²) in [4.78, 5) is 32.2. The second kappa shape index (κ2) is 8.41. The van der Waals surface area contributed by atoms with E-state index in [2.05, 4.69) is 20.6 Å². The first kappa shape index (κ1) is 20.3. The highest BCUT2D eigenvalue weighted by atomic mass is 32.2. The van der Waals surface area contributed by atoms with E-state index in [0.29, 0.717) is 36.6 Å². The van der Waals surface area contributed by atoms with Gasteiger partial charge in [-0.2, -0.15) is 0 Å². The summed E-state index contributed by atoms with van der Waals surface area (Å²) in [5.74, 6) is -0.483. The number of pyridine rings is 1. The molecule has 8 nitrogen and oxygen atoms in total. The van der Waals surface area contributed by atoms with E-state index in [9.17, 15) is 14.0 Å². The van der Waals surface area contributed by atoms with Crippen LogP contribution in [-0.4, -0.2) is 46.2 Å². The number of carbonyl (C=O) groups excluding carboxylic acids is 1. The summed E-state index contributed by atoms with van der Waals surface area (Å²) >= 11 is 1.27. The first-order chi connectivity index (χ1) is 14.5. The van der Waals surface area contributed by atoms with Gasteiger partial charge in [0, 0.05) is 42.1 Å². The number of amidine groups is 1. The number of nitrogens with zero attached hydrogens (tertiary/aromatic N) is 2. The SMILES string of the molecule is O=C(O)NC1=N[C@@]2(c3cc(NC(=O)c4ccccn4)ccc3F)CCOCC2CS1. The zero-order chi connectivity index (χ0) is 21.1. The minimum Gasteiger partial charge on any atom is -0.465 e. The first-order valence-corrected chi connectivity index (χ1v) is 10.3. The summed E-state index contributed by atoms with van der Waals surface area (Å²) in [6, 6.07) is 9.31. The van der Waals surface area contributed by atoms with E-state index in [1.165, 1.54) is 30.1 Å². The Morgan fingerprint density at radius 1 is 1.27 bits per heavy atom. The molecule has 2 atom stereocenters. The van der Waals surface area contributed by atoms with E-state index in [1.807, 2.05) is 0 Å². The molecule has 1 aromatic heterocycles. The summed E-state index contributed by atoms with van der Waals surface area (Å²) in [5, 5.41) is 14.3. The lowest BCUT2D eigenvalue weighted by molar-refractivity contribution is 0.00878. The van der Waals surface area contributed by atoms with E-state index in [0.717, 1.165) is 0 Å². The van der Waals surface area contributed by atoms with Crippen molar-refractivity contribution in [2.24, 2.45) is 10.9 Å². The van der Waals surface area contributed by atoms with Crippen molar-refractivity contribution in [2.75, 3.05) is 24.3 Å². The van der Waals surface area contributed by atoms with E-state index < -0.39 is 23.4 Å². The zero-order valence-corrected chi connectivity index (χ0v) is 16.6. The van der Waals surface area contributed by atoms with Crippen molar-refractivity contribution in [1.82, 2.24) is 10.3 Å². The number of halogens is 1. The predicted octanol–water partition coefficient (Wildman–Crippen LogP) is 3.08. The van der Waals surface area contributed by atoms with Crippen LogP contribution in [0.3, 0.4) is 0 Å². The van der Waals surface area contributed by atoms with Crippen LogP contribution in [-0.2, 0) is 10.3 Å². The molecule has 30 heavy (non-hydrogen) atoms. The zero-order valence-electron chi connectivity index (χ0n) is 15.8. The molecule has 2 aliphatic rings. The lowest BCUT2D eigenvalue weighted by Crippen LogP contribution is -2.48. The maximum atomic E-state index is 15.0. The Hall–Kier alpha value is -2.98. The molecule has 3 N–H and O–H groups in total. The molecule has 2 aliphatic heterocycles. The molecule has 2 aromatic rings. The summed E-state index contributed by atoms with van der Waals surface area (Å²) in [6.07, 6.45) is 0.693. The topological polar surface area (TPSA) is 113 Å². The van der Waals surface area contributed by atoms with Gasteiger partial charge in [-0.1, -0.05) is 17.8 Å². The number of aliphatic imine (C=N–C) groups is 1. The van der Waals surface area contributed by atoms with E-state index >= 15 is 0 Å². The number of nitrogens with one attached hydrogen (secondary N) is 2. The van der Waals surface area contributed by atoms with Crippen LogP contribution in [0.25, 0.3) is 0 Å². The predicted molar refractivity (Wildman–Crippen MR) is 110 cm³/mol. The monoisotopic (exact) mass is 430 g/mol. The number of carboxylic acid groups (broad SMARTS) is 1. The van der Waals surface area contributed by atoms with Crippen LogP contribution in [0.2, 0.25) is 0 Å². The minimum atomic E-state index is -1.22. The fourth-order valence-electron chi connectivity index (χ4n) is 3.72. The highest BCUT2D eigenvalue weighted by molar-refractivity contribution is 8.13. The van der Waals surface area contributed by atoms with Gasteiger partial charge in [0.15, 0.2) is 5.17 Å². The molecule has 2 amide bonds. The molecule has 4 rings (SSSR count). The Morgan fingerprint density at radius 2 is 2.13 bits per heavy atom. The minimum absolute atomic E-state index is 0.133. The second-order valence-corrected chi connectivity index (χ2v) is 7.98. The molecule has 0 aliphatic carbocycles. The number of anilines is 1. The molecule has 1 saturated heterocycles. The van der Waals surface area contributed by atoms with Gasteiger partial charge in [0.05, 0.1) is 12.1 Å². The Morgan fingerprint density at radius 3 is 2.90 bits per heavy atom. The fraction of sp³-hybridized carbons (Fsp3) is 0.300. The number of ether oxygens (including phenoxy) is 1. The van der Waals surface area contributed by atoms with Crippen LogP contribution in [0.15, 0.2) is 47.6 Å². The number of thioether (sulfide) groups is 1. The number of carbonyl (C=O) groups is 2. The molecule has 0 spiro atoms. The number of fused-ring (bicyclic) bond motifs is 1. The van der Waals surface area contributed by atoms with Gasteiger partial charge >= 0.3 is 6.09 Å². The summed E-state index contributed by atoms with van der Waals surface area (Å²) in [6.45, 7) is 0.760. The highest BCUT2D eigenvalue weighted by Gasteiger charge is 2.47. The van der Waals surface area contributed by atoms with E-state index in [-0.39, 0.29) is 16.8 Å². The van der Waals surface area contributed by atoms with Crippen LogP contribution < -0.4 is 10.6 Å². The third kappa shape index (κ3) is 4.01. The molecule has 0 radical (unpaired) electrons. The third-order valence-electron chi connectivity index (χ3n) is 5.15. The Balaban J connectivity index is 1.71. The molecule has 1 unspecified atom stereocenters. The van der Waals surface area contributed by atoms with E-state index in [4.69, 9.17) is 9.84 Å². The molecule has 1 aromatic carbocycles. The van der Waals surface area contributed by atoms with Crippen molar-refractivity contribution < 1.29 is 23.8 Å². The van der Waals surface area contributed by atoms with Crippen LogP contribution in [0.4, 0.5) is 14.9 Å². The Kier molecular flexibility index (Phi) is 5.69. The standard InChI is InChI=1S/C20H19FN4O4S/c21-15-5-4-13(23-17(26)16-3-1-2-7-22-16)9-14(15)20-6-8-29-10-12(20)11-30-18(25-20)24-19(27)28/h1-5,7,9,12H,6,8,10-11H2,(H,23,26)(H,24,25)(H,27,28)/t12?,20-/m0/s1. The maximum Gasteiger partial charge on any atom is 0.410 e. The largest absolute Gasteiger partial charge is 0.465 e.